The third-order valence-electron chi connectivity index (χ3n) is 4.49. The molecule has 1 aromatic carbocycles. The molecule has 0 aliphatic rings. The second-order valence-electron chi connectivity index (χ2n) is 6.38. The molecule has 0 radical (unpaired) electrons. The second-order valence-corrected chi connectivity index (χ2v) is 8.34. The van der Waals surface area contributed by atoms with E-state index in [-0.39, 0.29) is 0 Å². The Balaban J connectivity index is 1.58. The maximum absolute atomic E-state index is 4.89. The van der Waals surface area contributed by atoms with Crippen molar-refractivity contribution < 1.29 is 0 Å². The predicted octanol–water partition coefficient (Wildman–Crippen LogP) is 7.25. The van der Waals surface area contributed by atoms with Gasteiger partial charge in [-0.05, 0) is 59.3 Å². The highest BCUT2D eigenvalue weighted by Crippen LogP contribution is 2.24. The lowest BCUT2D eigenvalue weighted by atomic mass is 10.1. The Morgan fingerprint density at radius 1 is 0.536 bits per heavy atom. The van der Waals surface area contributed by atoms with Crippen LogP contribution in [0.5, 0.6) is 0 Å². The van der Waals surface area contributed by atoms with E-state index in [0.29, 0.717) is 0 Å². The minimum absolute atomic E-state index is 0.940. The lowest BCUT2D eigenvalue weighted by Crippen LogP contribution is -1.89. The zero-order valence-corrected chi connectivity index (χ0v) is 16.6. The molecular formula is C24H16N2S2. The Labute approximate surface area is 171 Å². The van der Waals surface area contributed by atoms with Crippen LogP contribution in [0.25, 0.3) is 46.1 Å². The standard InChI is InChI=1S/C24H16N2S2/c1-3-21(27-15-1)13-11-19-9-7-17-5-6-18-8-10-20(26-24(18)23(17)25-19)12-14-22-4-2-16-28-22/h1-16H/b13-11+,14-12+. The molecular weight excluding hydrogens is 380 g/mol. The second kappa shape index (κ2) is 7.50. The van der Waals surface area contributed by atoms with Gasteiger partial charge in [0, 0.05) is 20.5 Å². The molecule has 2 nitrogen and oxygen atoms in total. The minimum atomic E-state index is 0.940. The van der Waals surface area contributed by atoms with Crippen molar-refractivity contribution in [3.8, 4) is 0 Å². The predicted molar refractivity (Wildman–Crippen MR) is 124 cm³/mol. The first kappa shape index (κ1) is 17.0. The van der Waals surface area contributed by atoms with Crippen molar-refractivity contribution in [2.45, 2.75) is 0 Å². The Morgan fingerprint density at radius 3 is 1.43 bits per heavy atom. The summed E-state index contributed by atoms with van der Waals surface area (Å²) in [5, 5.41) is 6.37. The van der Waals surface area contributed by atoms with E-state index < -0.39 is 0 Å². The van der Waals surface area contributed by atoms with Gasteiger partial charge >= 0.3 is 0 Å². The molecule has 0 fully saturated rings. The molecule has 0 atom stereocenters. The highest BCUT2D eigenvalue weighted by Gasteiger charge is 2.05. The van der Waals surface area contributed by atoms with Crippen molar-refractivity contribution >= 4 is 68.8 Å². The monoisotopic (exact) mass is 396 g/mol. The van der Waals surface area contributed by atoms with Crippen LogP contribution in [0.2, 0.25) is 0 Å². The van der Waals surface area contributed by atoms with Gasteiger partial charge in [-0.2, -0.15) is 0 Å². The highest BCUT2D eigenvalue weighted by atomic mass is 32.1. The average Bonchev–Trinajstić information content (AvgIpc) is 3.44. The molecule has 0 aliphatic heterocycles. The Kier molecular flexibility index (Phi) is 4.57. The van der Waals surface area contributed by atoms with E-state index in [1.807, 2.05) is 0 Å². The molecule has 0 saturated carbocycles. The normalized spacial score (nSPS) is 12.0. The fourth-order valence-corrected chi connectivity index (χ4v) is 4.33. The van der Waals surface area contributed by atoms with Gasteiger partial charge in [0.15, 0.2) is 0 Å². The molecule has 0 spiro atoms. The summed E-state index contributed by atoms with van der Waals surface area (Å²) in [4.78, 5) is 12.2. The van der Waals surface area contributed by atoms with Crippen LogP contribution in [0.3, 0.4) is 0 Å². The summed E-state index contributed by atoms with van der Waals surface area (Å²) in [6, 6.07) is 20.9. The fraction of sp³-hybridized carbons (Fsp3) is 0. The topological polar surface area (TPSA) is 25.8 Å². The number of nitrogens with zero attached hydrogens (tertiary/aromatic N) is 2. The number of aromatic nitrogens is 2. The Bertz CT molecular complexity index is 1190. The zero-order chi connectivity index (χ0) is 18.8. The summed E-state index contributed by atoms with van der Waals surface area (Å²) >= 11 is 3.44. The van der Waals surface area contributed by atoms with Crippen LogP contribution in [0.15, 0.2) is 71.4 Å². The highest BCUT2D eigenvalue weighted by molar-refractivity contribution is 7.11. The molecule has 0 saturated heterocycles. The number of thiophene rings is 2. The van der Waals surface area contributed by atoms with E-state index in [1.165, 1.54) is 9.75 Å². The summed E-state index contributed by atoms with van der Waals surface area (Å²) in [5.41, 5.74) is 3.76. The van der Waals surface area contributed by atoms with Crippen molar-refractivity contribution in [3.63, 3.8) is 0 Å². The number of pyridine rings is 2. The maximum atomic E-state index is 4.89. The third-order valence-corrected chi connectivity index (χ3v) is 6.16. The summed E-state index contributed by atoms with van der Waals surface area (Å²) in [5.74, 6) is 0. The van der Waals surface area contributed by atoms with Crippen LogP contribution in [0.1, 0.15) is 21.1 Å². The Hall–Kier alpha value is -3.08. The molecule has 4 heterocycles. The Morgan fingerprint density at radius 2 is 1.00 bits per heavy atom. The van der Waals surface area contributed by atoms with Gasteiger partial charge in [-0.1, -0.05) is 36.4 Å². The van der Waals surface area contributed by atoms with Crippen LogP contribution >= 0.6 is 22.7 Å². The van der Waals surface area contributed by atoms with Crippen LogP contribution < -0.4 is 0 Å². The first-order valence-corrected chi connectivity index (χ1v) is 10.7. The average molecular weight is 397 g/mol. The molecule has 5 rings (SSSR count). The van der Waals surface area contributed by atoms with E-state index in [9.17, 15) is 0 Å². The zero-order valence-electron chi connectivity index (χ0n) is 14.9. The van der Waals surface area contributed by atoms with Gasteiger partial charge in [0.05, 0.1) is 22.4 Å². The van der Waals surface area contributed by atoms with Crippen molar-refractivity contribution in [2.24, 2.45) is 0 Å². The largest absolute Gasteiger partial charge is 0.246 e. The quantitative estimate of drug-likeness (QED) is 0.299. The first-order valence-electron chi connectivity index (χ1n) is 8.99. The SMILES string of the molecule is C(=C\c1cccs1)/c1ccc2ccc3ccc(/C=C/c4cccs4)nc3c2n1. The van der Waals surface area contributed by atoms with Crippen LogP contribution in [0.4, 0.5) is 0 Å². The maximum Gasteiger partial charge on any atom is 0.0972 e. The first-order chi connectivity index (χ1) is 13.8. The van der Waals surface area contributed by atoms with Gasteiger partial charge in [0.1, 0.15) is 0 Å². The van der Waals surface area contributed by atoms with Gasteiger partial charge < -0.3 is 0 Å². The molecule has 5 aromatic rings. The van der Waals surface area contributed by atoms with E-state index >= 15 is 0 Å². The molecule has 134 valence electrons. The van der Waals surface area contributed by atoms with Crippen LogP contribution in [-0.4, -0.2) is 9.97 Å². The summed E-state index contributed by atoms with van der Waals surface area (Å²) < 4.78 is 0. The summed E-state index contributed by atoms with van der Waals surface area (Å²) in [6.07, 6.45) is 8.33. The van der Waals surface area contributed by atoms with E-state index in [1.54, 1.807) is 22.7 Å². The molecule has 0 amide bonds. The molecule has 0 unspecified atom stereocenters. The molecule has 4 heteroatoms. The third kappa shape index (κ3) is 3.52. The van der Waals surface area contributed by atoms with Gasteiger partial charge in [0.25, 0.3) is 0 Å². The number of rotatable bonds is 4. The molecule has 0 aliphatic carbocycles. The molecule has 28 heavy (non-hydrogen) atoms. The van der Waals surface area contributed by atoms with E-state index in [0.717, 1.165) is 33.2 Å². The number of hydrogen-bond donors (Lipinski definition) is 0. The fourth-order valence-electron chi connectivity index (χ4n) is 3.09. The van der Waals surface area contributed by atoms with Gasteiger partial charge in [0.2, 0.25) is 0 Å². The van der Waals surface area contributed by atoms with Crippen molar-refractivity contribution in [1.82, 2.24) is 9.97 Å². The van der Waals surface area contributed by atoms with Gasteiger partial charge in [-0.15, -0.1) is 22.7 Å². The van der Waals surface area contributed by atoms with Crippen LogP contribution in [-0.2, 0) is 0 Å². The molecule has 0 N–H and O–H groups in total. The summed E-state index contributed by atoms with van der Waals surface area (Å²) in [6.45, 7) is 0. The summed E-state index contributed by atoms with van der Waals surface area (Å²) in [7, 11) is 0. The minimum Gasteiger partial charge on any atom is -0.246 e. The lowest BCUT2D eigenvalue weighted by molar-refractivity contribution is 1.34. The van der Waals surface area contributed by atoms with Crippen molar-refractivity contribution in [3.05, 3.63) is 92.6 Å². The van der Waals surface area contributed by atoms with Gasteiger partial charge in [-0.3, -0.25) is 0 Å². The van der Waals surface area contributed by atoms with Gasteiger partial charge in [-0.25, -0.2) is 9.97 Å². The number of hydrogen-bond acceptors (Lipinski definition) is 4. The number of fused-ring (bicyclic) bond motifs is 3. The van der Waals surface area contributed by atoms with E-state index in [2.05, 4.69) is 95.7 Å². The van der Waals surface area contributed by atoms with Crippen molar-refractivity contribution in [2.75, 3.05) is 0 Å². The van der Waals surface area contributed by atoms with E-state index in [4.69, 9.17) is 9.97 Å². The smallest absolute Gasteiger partial charge is 0.0972 e. The number of benzene rings is 1. The van der Waals surface area contributed by atoms with Crippen molar-refractivity contribution in [1.29, 1.82) is 0 Å². The lowest BCUT2D eigenvalue weighted by Gasteiger charge is -2.05. The molecule has 0 bridgehead atoms. The van der Waals surface area contributed by atoms with Crippen LogP contribution in [0, 0.1) is 0 Å². The molecule has 4 aromatic heterocycles.